The van der Waals surface area contributed by atoms with E-state index in [1.165, 1.54) is 12.1 Å². The van der Waals surface area contributed by atoms with Crippen molar-refractivity contribution in [1.82, 2.24) is 24.4 Å². The molecule has 1 N–H and O–H groups in total. The molecule has 4 aromatic rings. The highest BCUT2D eigenvalue weighted by Crippen LogP contribution is 2.34. The van der Waals surface area contributed by atoms with Gasteiger partial charge in [-0.05, 0) is 43.1 Å². The van der Waals surface area contributed by atoms with Gasteiger partial charge in [-0.15, -0.1) is 0 Å². The lowest BCUT2D eigenvalue weighted by Crippen LogP contribution is -2.19. The molecule has 0 unspecified atom stereocenters. The standard InChI is InChI=1S/C22H21FN6/c1-24-20(15-4-6-16(23)7-5-15)21(28(2)13-17-12-25-14-29(17)3)18-8-10-26-22-19(18)9-11-27-22/h4-12,14H,1,13H2,2-3H3,(H,26,27)/b21-20-. The predicted molar refractivity (Wildman–Crippen MR) is 114 cm³/mol. The average Bonchev–Trinajstić information content (AvgIpc) is 3.36. The Kier molecular flexibility index (Phi) is 4.95. The van der Waals surface area contributed by atoms with Crippen LogP contribution >= 0.6 is 0 Å². The number of pyridine rings is 1. The van der Waals surface area contributed by atoms with E-state index in [4.69, 9.17) is 0 Å². The Morgan fingerprint density at radius 2 is 2.03 bits per heavy atom. The van der Waals surface area contributed by atoms with Gasteiger partial charge in [-0.2, -0.15) is 0 Å². The SMILES string of the molecule is C=N/C(=C(/c1ccnc2[nH]ccc12)N(C)Cc1cncn1C)c1ccc(F)cc1. The van der Waals surface area contributed by atoms with Crippen LogP contribution in [0.5, 0.6) is 0 Å². The molecular formula is C22H21FN6. The first kappa shape index (κ1) is 18.6. The molecule has 4 rings (SSSR count). The Labute approximate surface area is 168 Å². The monoisotopic (exact) mass is 388 g/mol. The van der Waals surface area contributed by atoms with Crippen molar-refractivity contribution in [2.45, 2.75) is 6.54 Å². The van der Waals surface area contributed by atoms with Crippen LogP contribution in [-0.4, -0.2) is 38.2 Å². The second-order valence-electron chi connectivity index (χ2n) is 6.81. The summed E-state index contributed by atoms with van der Waals surface area (Å²) in [6, 6.07) is 10.2. The van der Waals surface area contributed by atoms with Crippen molar-refractivity contribution in [2.24, 2.45) is 12.0 Å². The summed E-state index contributed by atoms with van der Waals surface area (Å²) in [6.07, 6.45) is 7.23. The van der Waals surface area contributed by atoms with Crippen molar-refractivity contribution in [3.05, 3.63) is 84.0 Å². The van der Waals surface area contributed by atoms with Crippen LogP contribution in [-0.2, 0) is 13.6 Å². The molecule has 146 valence electrons. The van der Waals surface area contributed by atoms with Gasteiger partial charge in [0.15, 0.2) is 0 Å². The summed E-state index contributed by atoms with van der Waals surface area (Å²) in [5, 5.41) is 0.975. The summed E-state index contributed by atoms with van der Waals surface area (Å²) in [4.78, 5) is 18.2. The quantitative estimate of drug-likeness (QED) is 0.506. The van der Waals surface area contributed by atoms with Crippen LogP contribution in [0.3, 0.4) is 0 Å². The van der Waals surface area contributed by atoms with Crippen LogP contribution in [0.15, 0.2) is 66.3 Å². The zero-order valence-electron chi connectivity index (χ0n) is 16.3. The molecule has 0 bridgehead atoms. The minimum atomic E-state index is -0.293. The summed E-state index contributed by atoms with van der Waals surface area (Å²) in [6.45, 7) is 4.41. The number of H-pyrrole nitrogens is 1. The smallest absolute Gasteiger partial charge is 0.137 e. The molecule has 0 saturated heterocycles. The summed E-state index contributed by atoms with van der Waals surface area (Å²) in [5.74, 6) is -0.293. The summed E-state index contributed by atoms with van der Waals surface area (Å²) in [5.41, 5.74) is 5.13. The molecule has 0 fully saturated rings. The number of benzene rings is 1. The van der Waals surface area contributed by atoms with Gasteiger partial charge in [0.2, 0.25) is 0 Å². The Hall–Kier alpha value is -3.74. The zero-order valence-corrected chi connectivity index (χ0v) is 16.3. The second kappa shape index (κ2) is 7.71. The third-order valence-corrected chi connectivity index (χ3v) is 4.91. The van der Waals surface area contributed by atoms with Gasteiger partial charge in [-0.3, -0.25) is 4.99 Å². The Balaban J connectivity index is 1.93. The number of hydrogen-bond donors (Lipinski definition) is 1. The number of fused-ring (bicyclic) bond motifs is 1. The van der Waals surface area contributed by atoms with E-state index < -0.39 is 0 Å². The van der Waals surface area contributed by atoms with E-state index in [1.807, 2.05) is 43.2 Å². The molecule has 3 aromatic heterocycles. The molecular weight excluding hydrogens is 367 g/mol. The second-order valence-corrected chi connectivity index (χ2v) is 6.81. The summed E-state index contributed by atoms with van der Waals surface area (Å²) < 4.78 is 15.5. The molecule has 0 aliphatic carbocycles. The number of halogens is 1. The highest BCUT2D eigenvalue weighted by atomic mass is 19.1. The van der Waals surface area contributed by atoms with Crippen molar-refractivity contribution < 1.29 is 4.39 Å². The first-order valence-electron chi connectivity index (χ1n) is 9.14. The molecule has 29 heavy (non-hydrogen) atoms. The van der Waals surface area contributed by atoms with Crippen LogP contribution in [0.25, 0.3) is 22.4 Å². The van der Waals surface area contributed by atoms with Crippen molar-refractivity contribution in [2.75, 3.05) is 7.05 Å². The molecule has 6 nitrogen and oxygen atoms in total. The van der Waals surface area contributed by atoms with Crippen LogP contribution in [0.1, 0.15) is 16.8 Å². The van der Waals surface area contributed by atoms with Crippen molar-refractivity contribution in [1.29, 1.82) is 0 Å². The number of hydrogen-bond acceptors (Lipinski definition) is 4. The van der Waals surface area contributed by atoms with Crippen molar-refractivity contribution >= 4 is 29.1 Å². The Morgan fingerprint density at radius 3 is 2.72 bits per heavy atom. The van der Waals surface area contributed by atoms with Crippen molar-refractivity contribution in [3.63, 3.8) is 0 Å². The third kappa shape index (κ3) is 3.54. The number of imidazole rings is 1. The maximum Gasteiger partial charge on any atom is 0.137 e. The van der Waals surface area contributed by atoms with E-state index in [0.717, 1.165) is 33.6 Å². The molecule has 0 radical (unpaired) electrons. The van der Waals surface area contributed by atoms with Gasteiger partial charge in [-0.25, -0.2) is 14.4 Å². The largest absolute Gasteiger partial charge is 0.366 e. The number of aromatic nitrogens is 4. The first-order chi connectivity index (χ1) is 14.1. The Morgan fingerprint density at radius 1 is 1.24 bits per heavy atom. The first-order valence-corrected chi connectivity index (χ1v) is 9.14. The number of rotatable bonds is 6. The van der Waals surface area contributed by atoms with E-state index in [0.29, 0.717) is 12.2 Å². The predicted octanol–water partition coefficient (Wildman–Crippen LogP) is 4.09. The molecule has 0 amide bonds. The van der Waals surface area contributed by atoms with Crippen molar-refractivity contribution in [3.8, 4) is 0 Å². The highest BCUT2D eigenvalue weighted by molar-refractivity contribution is 5.98. The normalized spacial score (nSPS) is 12.1. The number of nitrogens with zero attached hydrogens (tertiary/aromatic N) is 5. The van der Waals surface area contributed by atoms with Gasteiger partial charge in [0.25, 0.3) is 0 Å². The average molecular weight is 388 g/mol. The molecule has 0 aliphatic rings. The highest BCUT2D eigenvalue weighted by Gasteiger charge is 2.19. The van der Waals surface area contributed by atoms with Crippen LogP contribution in [0, 0.1) is 5.82 Å². The van der Waals surface area contributed by atoms with E-state index >= 15 is 0 Å². The molecule has 0 atom stereocenters. The van der Waals surface area contributed by atoms with E-state index in [2.05, 4.69) is 31.6 Å². The number of aliphatic imine (C=N–C) groups is 1. The lowest BCUT2D eigenvalue weighted by atomic mass is 10.0. The minimum Gasteiger partial charge on any atom is -0.366 e. The fraction of sp³-hybridized carbons (Fsp3) is 0.136. The van der Waals surface area contributed by atoms with E-state index in [9.17, 15) is 4.39 Å². The molecule has 0 spiro atoms. The van der Waals surface area contributed by atoms with Gasteiger partial charge in [0, 0.05) is 49.2 Å². The lowest BCUT2D eigenvalue weighted by molar-refractivity contribution is 0.460. The van der Waals surface area contributed by atoms with E-state index in [-0.39, 0.29) is 5.82 Å². The maximum absolute atomic E-state index is 13.5. The van der Waals surface area contributed by atoms with E-state index in [1.54, 1.807) is 24.7 Å². The fourth-order valence-electron chi connectivity index (χ4n) is 3.45. The third-order valence-electron chi connectivity index (χ3n) is 4.91. The zero-order chi connectivity index (χ0) is 20.4. The van der Waals surface area contributed by atoms with Crippen LogP contribution in [0.4, 0.5) is 4.39 Å². The molecule has 0 saturated carbocycles. The summed E-state index contributed by atoms with van der Waals surface area (Å²) in [7, 11) is 3.96. The van der Waals surface area contributed by atoms with Gasteiger partial charge >= 0.3 is 0 Å². The van der Waals surface area contributed by atoms with Crippen LogP contribution in [0.2, 0.25) is 0 Å². The lowest BCUT2D eigenvalue weighted by Gasteiger charge is -2.26. The van der Waals surface area contributed by atoms with Gasteiger partial charge in [0.05, 0.1) is 30.0 Å². The summed E-state index contributed by atoms with van der Waals surface area (Å²) >= 11 is 0. The van der Waals surface area contributed by atoms with Gasteiger partial charge in [0.1, 0.15) is 11.5 Å². The topological polar surface area (TPSA) is 62.1 Å². The molecule has 7 heteroatoms. The van der Waals surface area contributed by atoms with Gasteiger partial charge < -0.3 is 14.5 Å². The minimum absolute atomic E-state index is 0.293. The molecule has 1 aromatic carbocycles. The van der Waals surface area contributed by atoms with Crippen LogP contribution < -0.4 is 0 Å². The Bertz CT molecular complexity index is 1190. The molecule has 0 aliphatic heterocycles. The maximum atomic E-state index is 13.5. The number of aryl methyl sites for hydroxylation is 1. The van der Waals surface area contributed by atoms with Gasteiger partial charge in [-0.1, -0.05) is 0 Å². The fourth-order valence-corrected chi connectivity index (χ4v) is 3.45. The number of aromatic amines is 1. The number of nitrogens with one attached hydrogen (secondary N) is 1. The molecule has 3 heterocycles.